The SMILES string of the molecule is CCN(C)CCN(C)C(=O)c1sc(-c2cccc(F)c2)nc1C. The standard InChI is InChI=1S/C17H22FN3OS/c1-5-20(3)9-10-21(4)17(22)15-12(2)19-16(23-15)13-7-6-8-14(18)11-13/h6-8,11H,5,9-10H2,1-4H3. The first-order chi connectivity index (χ1) is 10.9. The number of benzene rings is 1. The Bertz CT molecular complexity index is 686. The molecule has 0 atom stereocenters. The van der Waals surface area contributed by atoms with E-state index in [0.717, 1.165) is 13.1 Å². The van der Waals surface area contributed by atoms with E-state index in [9.17, 15) is 9.18 Å². The van der Waals surface area contributed by atoms with Gasteiger partial charge in [-0.2, -0.15) is 0 Å². The predicted octanol–water partition coefficient (Wildman–Crippen LogP) is 3.28. The van der Waals surface area contributed by atoms with Gasteiger partial charge in [0.1, 0.15) is 15.7 Å². The van der Waals surface area contributed by atoms with Crippen molar-refractivity contribution in [2.24, 2.45) is 0 Å². The Kier molecular flexibility index (Phi) is 5.85. The first-order valence-corrected chi connectivity index (χ1v) is 8.41. The number of aryl methyl sites for hydroxylation is 1. The summed E-state index contributed by atoms with van der Waals surface area (Å²) in [4.78, 5) is 21.5. The van der Waals surface area contributed by atoms with Gasteiger partial charge in [0, 0.05) is 25.7 Å². The number of carbonyl (C=O) groups excluding carboxylic acids is 1. The predicted molar refractivity (Wildman–Crippen MR) is 92.4 cm³/mol. The van der Waals surface area contributed by atoms with Crippen LogP contribution < -0.4 is 0 Å². The van der Waals surface area contributed by atoms with Crippen molar-refractivity contribution in [3.8, 4) is 10.6 Å². The molecule has 2 rings (SSSR count). The first-order valence-electron chi connectivity index (χ1n) is 7.59. The molecule has 0 saturated heterocycles. The van der Waals surface area contributed by atoms with E-state index in [1.165, 1.54) is 23.5 Å². The fourth-order valence-electron chi connectivity index (χ4n) is 2.09. The van der Waals surface area contributed by atoms with Crippen molar-refractivity contribution in [2.75, 3.05) is 33.7 Å². The van der Waals surface area contributed by atoms with E-state index in [0.29, 0.717) is 27.7 Å². The molecule has 0 aliphatic heterocycles. The summed E-state index contributed by atoms with van der Waals surface area (Å²) in [6.45, 7) is 6.34. The average molecular weight is 335 g/mol. The van der Waals surface area contributed by atoms with Crippen LogP contribution in [0.15, 0.2) is 24.3 Å². The van der Waals surface area contributed by atoms with Crippen LogP contribution in [0.2, 0.25) is 0 Å². The van der Waals surface area contributed by atoms with Crippen LogP contribution in [0.4, 0.5) is 4.39 Å². The highest BCUT2D eigenvalue weighted by molar-refractivity contribution is 7.17. The van der Waals surface area contributed by atoms with Gasteiger partial charge in [-0.05, 0) is 32.6 Å². The maximum atomic E-state index is 13.4. The van der Waals surface area contributed by atoms with E-state index in [1.54, 1.807) is 24.1 Å². The van der Waals surface area contributed by atoms with Gasteiger partial charge in [-0.15, -0.1) is 11.3 Å². The number of hydrogen-bond donors (Lipinski definition) is 0. The first kappa shape index (κ1) is 17.6. The van der Waals surface area contributed by atoms with Gasteiger partial charge >= 0.3 is 0 Å². The van der Waals surface area contributed by atoms with Crippen molar-refractivity contribution in [3.63, 3.8) is 0 Å². The van der Waals surface area contributed by atoms with E-state index in [2.05, 4.69) is 16.8 Å². The smallest absolute Gasteiger partial charge is 0.265 e. The second-order valence-corrected chi connectivity index (χ2v) is 6.57. The van der Waals surface area contributed by atoms with Crippen molar-refractivity contribution >= 4 is 17.2 Å². The van der Waals surface area contributed by atoms with E-state index >= 15 is 0 Å². The van der Waals surface area contributed by atoms with Crippen LogP contribution in [0.5, 0.6) is 0 Å². The maximum absolute atomic E-state index is 13.4. The Morgan fingerprint density at radius 1 is 1.30 bits per heavy atom. The summed E-state index contributed by atoms with van der Waals surface area (Å²) in [6.07, 6.45) is 0. The zero-order chi connectivity index (χ0) is 17.0. The Labute approximate surface area is 140 Å². The number of aromatic nitrogens is 1. The number of thiazole rings is 1. The molecule has 0 aliphatic rings. The molecule has 1 heterocycles. The van der Waals surface area contributed by atoms with Crippen LogP contribution in [0.3, 0.4) is 0 Å². The van der Waals surface area contributed by atoms with Crippen LogP contribution in [0, 0.1) is 12.7 Å². The number of halogens is 1. The molecule has 0 spiro atoms. The lowest BCUT2D eigenvalue weighted by atomic mass is 10.2. The van der Waals surface area contributed by atoms with Gasteiger partial charge in [-0.1, -0.05) is 19.1 Å². The molecule has 0 N–H and O–H groups in total. The molecule has 1 aromatic carbocycles. The summed E-state index contributed by atoms with van der Waals surface area (Å²) >= 11 is 1.32. The average Bonchev–Trinajstić information content (AvgIpc) is 2.93. The molecular weight excluding hydrogens is 313 g/mol. The Hall–Kier alpha value is -1.79. The van der Waals surface area contributed by atoms with Crippen molar-refractivity contribution in [1.29, 1.82) is 0 Å². The highest BCUT2D eigenvalue weighted by atomic mass is 32.1. The van der Waals surface area contributed by atoms with Gasteiger partial charge in [0.25, 0.3) is 5.91 Å². The summed E-state index contributed by atoms with van der Waals surface area (Å²) < 4.78 is 13.4. The maximum Gasteiger partial charge on any atom is 0.265 e. The van der Waals surface area contributed by atoms with Gasteiger partial charge in [-0.3, -0.25) is 4.79 Å². The van der Waals surface area contributed by atoms with Gasteiger partial charge in [0.05, 0.1) is 5.69 Å². The lowest BCUT2D eigenvalue weighted by molar-refractivity contribution is 0.0787. The molecule has 0 radical (unpaired) electrons. The molecular formula is C17H22FN3OS. The molecule has 4 nitrogen and oxygen atoms in total. The fraction of sp³-hybridized carbons (Fsp3) is 0.412. The van der Waals surface area contributed by atoms with Crippen LogP contribution in [-0.4, -0.2) is 54.4 Å². The number of carbonyl (C=O) groups is 1. The number of rotatable bonds is 6. The van der Waals surface area contributed by atoms with Gasteiger partial charge in [-0.25, -0.2) is 9.37 Å². The molecule has 0 fully saturated rings. The molecule has 0 saturated carbocycles. The van der Waals surface area contributed by atoms with Crippen molar-refractivity contribution < 1.29 is 9.18 Å². The molecule has 124 valence electrons. The summed E-state index contributed by atoms with van der Waals surface area (Å²) in [7, 11) is 3.82. The summed E-state index contributed by atoms with van der Waals surface area (Å²) in [5.41, 5.74) is 1.39. The Morgan fingerprint density at radius 2 is 2.04 bits per heavy atom. The van der Waals surface area contributed by atoms with Crippen LogP contribution >= 0.6 is 11.3 Å². The Morgan fingerprint density at radius 3 is 2.70 bits per heavy atom. The van der Waals surface area contributed by atoms with E-state index in [4.69, 9.17) is 0 Å². The highest BCUT2D eigenvalue weighted by Crippen LogP contribution is 2.29. The molecule has 0 unspecified atom stereocenters. The van der Waals surface area contributed by atoms with Crippen molar-refractivity contribution in [2.45, 2.75) is 13.8 Å². The lowest BCUT2D eigenvalue weighted by Gasteiger charge is -2.20. The zero-order valence-electron chi connectivity index (χ0n) is 14.0. The highest BCUT2D eigenvalue weighted by Gasteiger charge is 2.19. The molecule has 1 aromatic heterocycles. The second kappa shape index (κ2) is 7.66. The largest absolute Gasteiger partial charge is 0.340 e. The second-order valence-electron chi connectivity index (χ2n) is 5.57. The molecule has 0 aliphatic carbocycles. The fourth-order valence-corrected chi connectivity index (χ4v) is 3.15. The number of amides is 1. The van der Waals surface area contributed by atoms with E-state index < -0.39 is 0 Å². The zero-order valence-corrected chi connectivity index (χ0v) is 14.8. The third-order valence-corrected chi connectivity index (χ3v) is 4.96. The minimum Gasteiger partial charge on any atom is -0.340 e. The Balaban J connectivity index is 2.15. The lowest BCUT2D eigenvalue weighted by Crippen LogP contribution is -2.34. The van der Waals surface area contributed by atoms with Gasteiger partial charge in [0.15, 0.2) is 0 Å². The normalized spacial score (nSPS) is 11.0. The van der Waals surface area contributed by atoms with Crippen molar-refractivity contribution in [1.82, 2.24) is 14.8 Å². The molecule has 23 heavy (non-hydrogen) atoms. The quantitative estimate of drug-likeness (QED) is 0.813. The number of likely N-dealkylation sites (N-methyl/N-ethyl adjacent to an activating group) is 2. The molecule has 2 aromatic rings. The van der Waals surface area contributed by atoms with Crippen LogP contribution in [0.25, 0.3) is 10.6 Å². The summed E-state index contributed by atoms with van der Waals surface area (Å²) in [6, 6.07) is 6.28. The van der Waals surface area contributed by atoms with E-state index in [-0.39, 0.29) is 11.7 Å². The number of hydrogen-bond acceptors (Lipinski definition) is 4. The van der Waals surface area contributed by atoms with Crippen LogP contribution in [0.1, 0.15) is 22.3 Å². The van der Waals surface area contributed by atoms with Crippen LogP contribution in [-0.2, 0) is 0 Å². The van der Waals surface area contributed by atoms with Gasteiger partial charge in [0.2, 0.25) is 0 Å². The molecule has 0 bridgehead atoms. The third-order valence-electron chi connectivity index (χ3n) is 3.77. The summed E-state index contributed by atoms with van der Waals surface area (Å²) in [5, 5.41) is 0.671. The van der Waals surface area contributed by atoms with E-state index in [1.807, 2.05) is 14.0 Å². The molecule has 6 heteroatoms. The minimum atomic E-state index is -0.303. The monoisotopic (exact) mass is 335 g/mol. The third kappa shape index (κ3) is 4.36. The topological polar surface area (TPSA) is 36.4 Å². The van der Waals surface area contributed by atoms with Gasteiger partial charge < -0.3 is 9.80 Å². The number of nitrogens with zero attached hydrogens (tertiary/aromatic N) is 3. The minimum absolute atomic E-state index is 0.0350. The van der Waals surface area contributed by atoms with Crippen molar-refractivity contribution in [3.05, 3.63) is 40.7 Å². The molecule has 1 amide bonds. The summed E-state index contributed by atoms with van der Waals surface area (Å²) in [5.74, 6) is -0.338.